The van der Waals surface area contributed by atoms with E-state index in [0.717, 1.165) is 12.8 Å². The van der Waals surface area contributed by atoms with Gasteiger partial charge in [0.1, 0.15) is 6.17 Å². The fourth-order valence-electron chi connectivity index (χ4n) is 0.462. The van der Waals surface area contributed by atoms with Crippen LogP contribution < -0.4 is 0 Å². The van der Waals surface area contributed by atoms with E-state index < -0.39 is 6.17 Å². The molecular formula is C6H11F2. The van der Waals surface area contributed by atoms with Crippen molar-refractivity contribution in [2.24, 2.45) is 0 Å². The van der Waals surface area contributed by atoms with E-state index in [4.69, 9.17) is 0 Å². The van der Waals surface area contributed by atoms with Crippen LogP contribution >= 0.6 is 0 Å². The van der Waals surface area contributed by atoms with Crippen LogP contribution in [0.3, 0.4) is 0 Å². The second kappa shape index (κ2) is 5.01. The van der Waals surface area contributed by atoms with Crippen LogP contribution in [0.4, 0.5) is 8.78 Å². The first-order valence-corrected chi connectivity index (χ1v) is 2.89. The van der Waals surface area contributed by atoms with E-state index in [0.29, 0.717) is 6.42 Å². The molecule has 0 heterocycles. The zero-order chi connectivity index (χ0) is 6.41. The lowest BCUT2D eigenvalue weighted by Gasteiger charge is -1.97. The van der Waals surface area contributed by atoms with Crippen LogP contribution in [-0.2, 0) is 0 Å². The quantitative estimate of drug-likeness (QED) is 0.536. The average molecular weight is 121 g/mol. The van der Waals surface area contributed by atoms with E-state index in [9.17, 15) is 8.78 Å². The number of rotatable bonds is 4. The molecule has 2 heteroatoms. The molecule has 0 aromatic rings. The highest BCUT2D eigenvalue weighted by molar-refractivity contribution is 4.62. The summed E-state index contributed by atoms with van der Waals surface area (Å²) in [6.45, 7) is 2.06. The fraction of sp³-hybridized carbons (Fsp3) is 0.833. The Balaban J connectivity index is 2.86. The summed E-state index contributed by atoms with van der Waals surface area (Å²) >= 11 is 0. The van der Waals surface area contributed by atoms with E-state index >= 15 is 0 Å². The summed E-state index contributed by atoms with van der Waals surface area (Å²) in [6, 6.07) is 0. The molecule has 49 valence electrons. The minimum absolute atomic E-state index is 0.107. The summed E-state index contributed by atoms with van der Waals surface area (Å²) in [7, 11) is 0. The largest absolute Gasteiger partial charge is 0.244 e. The van der Waals surface area contributed by atoms with Crippen molar-refractivity contribution in [3.05, 3.63) is 6.67 Å². The van der Waals surface area contributed by atoms with Crippen LogP contribution in [0.2, 0.25) is 0 Å². The molecule has 0 fully saturated rings. The van der Waals surface area contributed by atoms with Crippen molar-refractivity contribution < 1.29 is 8.78 Å². The van der Waals surface area contributed by atoms with Gasteiger partial charge in [-0.05, 0) is 6.42 Å². The van der Waals surface area contributed by atoms with E-state index in [-0.39, 0.29) is 6.67 Å². The Bertz CT molecular complexity index is 45.8. The van der Waals surface area contributed by atoms with Gasteiger partial charge in [-0.15, -0.1) is 0 Å². The smallest absolute Gasteiger partial charge is 0.165 e. The molecule has 0 aliphatic heterocycles. The Morgan fingerprint density at radius 3 is 2.62 bits per heavy atom. The molecular weight excluding hydrogens is 110 g/mol. The third kappa shape index (κ3) is 4.03. The molecule has 0 spiro atoms. The van der Waals surface area contributed by atoms with Crippen LogP contribution in [0.15, 0.2) is 0 Å². The Kier molecular flexibility index (Phi) is 4.92. The zero-order valence-electron chi connectivity index (χ0n) is 5.03. The molecule has 0 aromatic heterocycles. The van der Waals surface area contributed by atoms with Gasteiger partial charge in [0.05, 0.1) is 0 Å². The van der Waals surface area contributed by atoms with Crippen LogP contribution in [0.5, 0.6) is 0 Å². The predicted octanol–water partition coefficient (Wildman–Crippen LogP) is 2.65. The number of halogens is 2. The van der Waals surface area contributed by atoms with Crippen LogP contribution in [0.1, 0.15) is 26.2 Å². The van der Waals surface area contributed by atoms with E-state index in [2.05, 4.69) is 0 Å². The summed E-state index contributed by atoms with van der Waals surface area (Å²) in [6.07, 6.45) is 0.679. The van der Waals surface area contributed by atoms with Crippen molar-refractivity contribution in [2.75, 3.05) is 0 Å². The maximum absolute atomic E-state index is 11.9. The van der Waals surface area contributed by atoms with Gasteiger partial charge in [0.15, 0.2) is 6.67 Å². The van der Waals surface area contributed by atoms with Gasteiger partial charge < -0.3 is 0 Å². The Morgan fingerprint density at radius 1 is 1.62 bits per heavy atom. The van der Waals surface area contributed by atoms with Gasteiger partial charge >= 0.3 is 0 Å². The van der Waals surface area contributed by atoms with Gasteiger partial charge in [0.25, 0.3) is 0 Å². The van der Waals surface area contributed by atoms with E-state index in [1.807, 2.05) is 6.92 Å². The molecule has 0 N–H and O–H groups in total. The molecule has 0 aliphatic carbocycles. The molecule has 0 saturated heterocycles. The summed E-state index contributed by atoms with van der Waals surface area (Å²) in [5, 5.41) is 0. The monoisotopic (exact) mass is 121 g/mol. The van der Waals surface area contributed by atoms with E-state index in [1.165, 1.54) is 0 Å². The van der Waals surface area contributed by atoms with Gasteiger partial charge in [0, 0.05) is 0 Å². The molecule has 1 unspecified atom stereocenters. The van der Waals surface area contributed by atoms with Crippen molar-refractivity contribution in [1.29, 1.82) is 0 Å². The summed E-state index contributed by atoms with van der Waals surface area (Å²) in [4.78, 5) is 0. The number of hydrogen-bond donors (Lipinski definition) is 0. The maximum Gasteiger partial charge on any atom is 0.165 e. The normalized spacial score (nSPS) is 13.9. The van der Waals surface area contributed by atoms with Gasteiger partial charge in [-0.25, -0.2) is 8.78 Å². The molecule has 0 amide bonds. The summed E-state index contributed by atoms with van der Waals surface area (Å²) in [5.74, 6) is 0. The van der Waals surface area contributed by atoms with Crippen LogP contribution in [0.25, 0.3) is 0 Å². The summed E-state index contributed by atoms with van der Waals surface area (Å²) < 4.78 is 23.1. The van der Waals surface area contributed by atoms with Gasteiger partial charge in [-0.1, -0.05) is 19.8 Å². The molecule has 0 aromatic carbocycles. The second-order valence-corrected chi connectivity index (χ2v) is 1.78. The number of unbranched alkanes of at least 4 members (excludes halogenated alkanes) is 1. The predicted molar refractivity (Wildman–Crippen MR) is 29.8 cm³/mol. The van der Waals surface area contributed by atoms with Gasteiger partial charge in [-0.3, -0.25) is 0 Å². The molecule has 0 rings (SSSR count). The summed E-state index contributed by atoms with van der Waals surface area (Å²) in [5.41, 5.74) is 0. The average Bonchev–Trinajstić information content (AvgIpc) is 1.83. The lowest BCUT2D eigenvalue weighted by Crippen LogP contribution is -1.95. The Labute approximate surface area is 48.9 Å². The Morgan fingerprint density at radius 2 is 2.25 bits per heavy atom. The standard InChI is InChI=1S/C6H11F2/c1-2-3-4-6(8)5-7/h5-6H,2-4H2,1H3. The van der Waals surface area contributed by atoms with Crippen molar-refractivity contribution >= 4 is 0 Å². The molecule has 1 atom stereocenters. The molecule has 0 aliphatic rings. The minimum atomic E-state index is -1.34. The van der Waals surface area contributed by atoms with Crippen LogP contribution in [0, 0.1) is 6.67 Å². The molecule has 0 saturated carbocycles. The SMILES string of the molecule is CCCCC(F)[CH]F. The van der Waals surface area contributed by atoms with E-state index in [1.54, 1.807) is 0 Å². The topological polar surface area (TPSA) is 0 Å². The number of hydrogen-bond acceptors (Lipinski definition) is 0. The van der Waals surface area contributed by atoms with Crippen molar-refractivity contribution in [3.8, 4) is 0 Å². The van der Waals surface area contributed by atoms with Crippen molar-refractivity contribution in [1.82, 2.24) is 0 Å². The second-order valence-electron chi connectivity index (χ2n) is 1.78. The van der Waals surface area contributed by atoms with Gasteiger partial charge in [0.2, 0.25) is 0 Å². The fourth-order valence-corrected chi connectivity index (χ4v) is 0.462. The lowest BCUT2D eigenvalue weighted by atomic mass is 10.2. The minimum Gasteiger partial charge on any atom is -0.244 e. The highest BCUT2D eigenvalue weighted by Gasteiger charge is 2.03. The van der Waals surface area contributed by atoms with Crippen molar-refractivity contribution in [2.45, 2.75) is 32.4 Å². The molecule has 0 nitrogen and oxygen atoms in total. The molecule has 0 bridgehead atoms. The lowest BCUT2D eigenvalue weighted by molar-refractivity contribution is 0.295. The Hall–Kier alpha value is -0.140. The first kappa shape index (κ1) is 7.86. The highest BCUT2D eigenvalue weighted by Crippen LogP contribution is 2.06. The number of alkyl halides is 1. The van der Waals surface area contributed by atoms with Gasteiger partial charge in [-0.2, -0.15) is 0 Å². The van der Waals surface area contributed by atoms with Crippen LogP contribution in [-0.4, -0.2) is 6.17 Å². The first-order valence-electron chi connectivity index (χ1n) is 2.89. The zero-order valence-corrected chi connectivity index (χ0v) is 5.03. The first-order chi connectivity index (χ1) is 3.81. The third-order valence-corrected chi connectivity index (χ3v) is 0.970. The van der Waals surface area contributed by atoms with Crippen molar-refractivity contribution in [3.63, 3.8) is 0 Å². The maximum atomic E-state index is 11.9. The third-order valence-electron chi connectivity index (χ3n) is 0.970. The molecule has 8 heavy (non-hydrogen) atoms. The molecule has 1 radical (unpaired) electrons. The highest BCUT2D eigenvalue weighted by atomic mass is 19.2.